The van der Waals surface area contributed by atoms with Gasteiger partial charge in [-0.25, -0.2) is 4.79 Å². The fourth-order valence-corrected chi connectivity index (χ4v) is 3.10. The SMILES string of the molecule is CCCCC(=O)N1Cc2cccc(Br)c2CC1C(=O)O. The van der Waals surface area contributed by atoms with E-state index in [0.717, 1.165) is 28.4 Å². The average Bonchev–Trinajstić information content (AvgIpc) is 2.43. The first kappa shape index (κ1) is 15.0. The Hall–Kier alpha value is -1.36. The van der Waals surface area contributed by atoms with Crippen molar-refractivity contribution in [1.29, 1.82) is 0 Å². The topological polar surface area (TPSA) is 57.6 Å². The molecular weight excluding hydrogens is 322 g/mol. The molecule has 20 heavy (non-hydrogen) atoms. The van der Waals surface area contributed by atoms with Crippen molar-refractivity contribution in [3.8, 4) is 0 Å². The first-order valence-electron chi connectivity index (χ1n) is 6.83. The second kappa shape index (κ2) is 6.39. The number of unbranched alkanes of at least 4 members (excludes halogenated alkanes) is 1. The van der Waals surface area contributed by atoms with Gasteiger partial charge in [0.25, 0.3) is 0 Å². The van der Waals surface area contributed by atoms with Gasteiger partial charge >= 0.3 is 5.97 Å². The molecule has 0 fully saturated rings. The van der Waals surface area contributed by atoms with E-state index in [1.165, 1.54) is 4.90 Å². The Balaban J connectivity index is 2.28. The summed E-state index contributed by atoms with van der Waals surface area (Å²) in [4.78, 5) is 25.2. The van der Waals surface area contributed by atoms with Gasteiger partial charge in [-0.15, -0.1) is 0 Å². The molecule has 0 saturated carbocycles. The van der Waals surface area contributed by atoms with Crippen LogP contribution < -0.4 is 0 Å². The van der Waals surface area contributed by atoms with Crippen LogP contribution in [0.15, 0.2) is 22.7 Å². The van der Waals surface area contributed by atoms with Gasteiger partial charge in [-0.05, 0) is 23.6 Å². The maximum atomic E-state index is 12.2. The Morgan fingerprint density at radius 2 is 2.20 bits per heavy atom. The lowest BCUT2D eigenvalue weighted by Gasteiger charge is -2.35. The van der Waals surface area contributed by atoms with Crippen LogP contribution in [0.5, 0.6) is 0 Å². The van der Waals surface area contributed by atoms with Crippen LogP contribution in [0.4, 0.5) is 0 Å². The molecule has 0 aliphatic carbocycles. The number of rotatable bonds is 4. The summed E-state index contributed by atoms with van der Waals surface area (Å²) >= 11 is 3.46. The molecule has 0 saturated heterocycles. The average molecular weight is 340 g/mol. The van der Waals surface area contributed by atoms with Crippen LogP contribution in [-0.4, -0.2) is 27.9 Å². The highest BCUT2D eigenvalue weighted by Gasteiger charge is 2.34. The van der Waals surface area contributed by atoms with Crippen LogP contribution in [0, 0.1) is 0 Å². The molecule has 1 unspecified atom stereocenters. The van der Waals surface area contributed by atoms with Crippen molar-refractivity contribution in [3.63, 3.8) is 0 Å². The molecule has 1 aromatic rings. The van der Waals surface area contributed by atoms with Crippen molar-refractivity contribution in [2.45, 2.75) is 45.2 Å². The minimum absolute atomic E-state index is 0.0649. The summed E-state index contributed by atoms with van der Waals surface area (Å²) in [5.74, 6) is -0.999. The molecule has 1 aromatic carbocycles. The molecule has 5 heteroatoms. The molecule has 1 atom stereocenters. The Morgan fingerprint density at radius 1 is 1.45 bits per heavy atom. The number of carbonyl (C=O) groups excluding carboxylic acids is 1. The van der Waals surface area contributed by atoms with E-state index in [4.69, 9.17) is 0 Å². The predicted molar refractivity (Wildman–Crippen MR) is 79.3 cm³/mol. The maximum absolute atomic E-state index is 12.2. The van der Waals surface area contributed by atoms with Crippen molar-refractivity contribution < 1.29 is 14.7 Å². The van der Waals surface area contributed by atoms with E-state index < -0.39 is 12.0 Å². The zero-order chi connectivity index (χ0) is 14.7. The largest absolute Gasteiger partial charge is 0.480 e. The molecule has 2 rings (SSSR count). The van der Waals surface area contributed by atoms with Crippen molar-refractivity contribution in [2.24, 2.45) is 0 Å². The van der Waals surface area contributed by atoms with E-state index in [1.54, 1.807) is 0 Å². The molecule has 1 amide bonds. The highest BCUT2D eigenvalue weighted by Crippen LogP contribution is 2.30. The lowest BCUT2D eigenvalue weighted by atomic mass is 9.93. The summed E-state index contributed by atoms with van der Waals surface area (Å²) in [6.07, 6.45) is 2.51. The molecule has 1 heterocycles. The molecule has 0 bridgehead atoms. The summed E-state index contributed by atoms with van der Waals surface area (Å²) in [6.45, 7) is 2.40. The highest BCUT2D eigenvalue weighted by molar-refractivity contribution is 9.10. The van der Waals surface area contributed by atoms with Crippen LogP contribution in [0.2, 0.25) is 0 Å². The van der Waals surface area contributed by atoms with Crippen LogP contribution in [0.1, 0.15) is 37.3 Å². The number of nitrogens with zero attached hydrogens (tertiary/aromatic N) is 1. The molecular formula is C15H18BrNO3. The quantitative estimate of drug-likeness (QED) is 0.917. The molecule has 108 valence electrons. The van der Waals surface area contributed by atoms with E-state index in [-0.39, 0.29) is 5.91 Å². The van der Waals surface area contributed by atoms with Gasteiger partial charge < -0.3 is 10.0 Å². The summed E-state index contributed by atoms with van der Waals surface area (Å²) in [6, 6.07) is 5.02. The predicted octanol–water partition coefficient (Wildman–Crippen LogP) is 2.98. The van der Waals surface area contributed by atoms with Crippen LogP contribution >= 0.6 is 15.9 Å². The van der Waals surface area contributed by atoms with Gasteiger partial charge in [0, 0.05) is 23.9 Å². The van der Waals surface area contributed by atoms with Crippen molar-refractivity contribution >= 4 is 27.8 Å². The van der Waals surface area contributed by atoms with E-state index >= 15 is 0 Å². The summed E-state index contributed by atoms with van der Waals surface area (Å²) in [5, 5.41) is 9.39. The molecule has 4 nitrogen and oxygen atoms in total. The summed E-state index contributed by atoms with van der Waals surface area (Å²) in [5.41, 5.74) is 2.03. The van der Waals surface area contributed by atoms with Crippen molar-refractivity contribution in [3.05, 3.63) is 33.8 Å². The number of hydrogen-bond acceptors (Lipinski definition) is 2. The number of fused-ring (bicyclic) bond motifs is 1. The number of carbonyl (C=O) groups is 2. The fourth-order valence-electron chi connectivity index (χ4n) is 2.53. The van der Waals surface area contributed by atoms with Gasteiger partial charge in [0.15, 0.2) is 0 Å². The summed E-state index contributed by atoms with van der Waals surface area (Å²) < 4.78 is 0.918. The third-order valence-corrected chi connectivity index (χ3v) is 4.42. The lowest BCUT2D eigenvalue weighted by molar-refractivity contribution is -0.151. The zero-order valence-electron chi connectivity index (χ0n) is 11.4. The first-order valence-corrected chi connectivity index (χ1v) is 7.62. The molecule has 0 spiro atoms. The first-order chi connectivity index (χ1) is 9.54. The zero-order valence-corrected chi connectivity index (χ0v) is 13.0. The van der Waals surface area contributed by atoms with E-state index in [2.05, 4.69) is 15.9 Å². The van der Waals surface area contributed by atoms with Crippen LogP contribution in [0.3, 0.4) is 0 Å². The third kappa shape index (κ3) is 3.03. The number of carboxylic acid groups (broad SMARTS) is 1. The number of carboxylic acids is 1. The monoisotopic (exact) mass is 339 g/mol. The van der Waals surface area contributed by atoms with Gasteiger partial charge in [0.05, 0.1) is 0 Å². The molecule has 1 aliphatic heterocycles. The number of halogens is 1. The summed E-state index contributed by atoms with van der Waals surface area (Å²) in [7, 11) is 0. The van der Waals surface area contributed by atoms with Gasteiger partial charge in [-0.3, -0.25) is 4.79 Å². The minimum atomic E-state index is -0.934. The molecule has 0 radical (unpaired) electrons. The van der Waals surface area contributed by atoms with Crippen LogP contribution in [0.25, 0.3) is 0 Å². The van der Waals surface area contributed by atoms with Gasteiger partial charge in [0.2, 0.25) is 5.91 Å². The van der Waals surface area contributed by atoms with E-state index in [1.807, 2.05) is 25.1 Å². The van der Waals surface area contributed by atoms with E-state index in [0.29, 0.717) is 19.4 Å². The smallest absolute Gasteiger partial charge is 0.326 e. The lowest BCUT2D eigenvalue weighted by Crippen LogP contribution is -2.48. The Labute approximate surface area is 126 Å². The Kier molecular flexibility index (Phi) is 4.81. The second-order valence-corrected chi connectivity index (χ2v) is 5.92. The van der Waals surface area contributed by atoms with Gasteiger partial charge in [-0.2, -0.15) is 0 Å². The second-order valence-electron chi connectivity index (χ2n) is 5.06. The Morgan fingerprint density at radius 3 is 2.85 bits per heavy atom. The third-order valence-electron chi connectivity index (χ3n) is 3.68. The number of aliphatic carboxylic acids is 1. The Bertz CT molecular complexity index is 530. The normalized spacial score (nSPS) is 17.7. The standard InChI is InChI=1S/C15H18BrNO3/c1-2-3-7-14(18)17-9-10-5-4-6-12(16)11(10)8-13(17)15(19)20/h4-6,13H,2-3,7-9H2,1H3,(H,19,20). The molecule has 1 N–H and O–H groups in total. The molecule has 0 aromatic heterocycles. The fraction of sp³-hybridized carbons (Fsp3) is 0.467. The van der Waals surface area contributed by atoms with Gasteiger partial charge in [-0.1, -0.05) is 41.4 Å². The minimum Gasteiger partial charge on any atom is -0.480 e. The number of amides is 1. The number of benzene rings is 1. The number of hydrogen-bond donors (Lipinski definition) is 1. The highest BCUT2D eigenvalue weighted by atomic mass is 79.9. The van der Waals surface area contributed by atoms with Crippen LogP contribution in [-0.2, 0) is 22.6 Å². The van der Waals surface area contributed by atoms with Gasteiger partial charge in [0.1, 0.15) is 6.04 Å². The maximum Gasteiger partial charge on any atom is 0.326 e. The van der Waals surface area contributed by atoms with Crippen molar-refractivity contribution in [2.75, 3.05) is 0 Å². The van der Waals surface area contributed by atoms with E-state index in [9.17, 15) is 14.7 Å². The van der Waals surface area contributed by atoms with Crippen molar-refractivity contribution in [1.82, 2.24) is 4.90 Å². The molecule has 1 aliphatic rings.